The summed E-state index contributed by atoms with van der Waals surface area (Å²) in [6.07, 6.45) is 8.14. The molecule has 6 nitrogen and oxygen atoms in total. The summed E-state index contributed by atoms with van der Waals surface area (Å²) < 4.78 is 0. The average Bonchev–Trinajstić information content (AvgIpc) is 3.03. The molecule has 0 aliphatic carbocycles. The Bertz CT molecular complexity index is 781. The minimum atomic E-state index is 0.0102. The number of hydrogen-bond acceptors (Lipinski definition) is 5. The maximum atomic E-state index is 12.7. The number of piperidine rings is 1. The lowest BCUT2D eigenvalue weighted by Gasteiger charge is -2.40. The summed E-state index contributed by atoms with van der Waals surface area (Å²) in [4.78, 5) is 30.0. The monoisotopic (exact) mass is 351 g/mol. The van der Waals surface area contributed by atoms with Crippen LogP contribution in [0.1, 0.15) is 41.1 Å². The molecule has 0 N–H and O–H groups in total. The van der Waals surface area contributed by atoms with Crippen molar-refractivity contribution in [1.82, 2.24) is 24.8 Å². The summed E-state index contributed by atoms with van der Waals surface area (Å²) in [5, 5.41) is 0. The highest BCUT2D eigenvalue weighted by molar-refractivity contribution is 5.92. The van der Waals surface area contributed by atoms with E-state index in [0.29, 0.717) is 5.69 Å². The first-order valence-corrected chi connectivity index (χ1v) is 9.34. The van der Waals surface area contributed by atoms with E-state index in [9.17, 15) is 4.79 Å². The zero-order chi connectivity index (χ0) is 18.0. The van der Waals surface area contributed by atoms with E-state index < -0.39 is 0 Å². The first-order chi connectivity index (χ1) is 12.6. The van der Waals surface area contributed by atoms with E-state index in [-0.39, 0.29) is 11.3 Å². The second-order valence-corrected chi connectivity index (χ2v) is 7.65. The van der Waals surface area contributed by atoms with Crippen LogP contribution in [0.2, 0.25) is 0 Å². The Kier molecular flexibility index (Phi) is 4.68. The van der Waals surface area contributed by atoms with Crippen LogP contribution in [-0.4, -0.2) is 56.8 Å². The van der Waals surface area contributed by atoms with Crippen molar-refractivity contribution < 1.29 is 4.79 Å². The Morgan fingerprint density at radius 2 is 2.12 bits per heavy atom. The molecule has 0 aromatic carbocycles. The number of rotatable bonds is 3. The van der Waals surface area contributed by atoms with Crippen LogP contribution in [0.5, 0.6) is 0 Å². The minimum absolute atomic E-state index is 0.0102. The molecule has 4 heterocycles. The largest absolute Gasteiger partial charge is 0.337 e. The van der Waals surface area contributed by atoms with Crippen LogP contribution in [-0.2, 0) is 6.54 Å². The summed E-state index contributed by atoms with van der Waals surface area (Å²) in [6, 6.07) is 6.21. The first kappa shape index (κ1) is 17.1. The fourth-order valence-electron chi connectivity index (χ4n) is 4.37. The molecule has 2 aliphatic rings. The molecule has 2 aromatic rings. The van der Waals surface area contributed by atoms with Crippen molar-refractivity contribution in [2.45, 2.75) is 32.7 Å². The Hall–Kier alpha value is -2.34. The molecular formula is C20H25N5O. The number of carbonyl (C=O) groups is 1. The van der Waals surface area contributed by atoms with E-state index in [4.69, 9.17) is 0 Å². The molecule has 2 saturated heterocycles. The number of aryl methyl sites for hydroxylation is 1. The Morgan fingerprint density at radius 3 is 2.92 bits per heavy atom. The van der Waals surface area contributed by atoms with Crippen LogP contribution >= 0.6 is 0 Å². The smallest absolute Gasteiger partial charge is 0.274 e. The molecule has 1 amide bonds. The normalized spacial score (nSPS) is 23.5. The highest BCUT2D eigenvalue weighted by Gasteiger charge is 2.42. The first-order valence-electron chi connectivity index (χ1n) is 9.34. The molecule has 136 valence electrons. The number of carbonyl (C=O) groups excluding carboxylic acids is 1. The van der Waals surface area contributed by atoms with Gasteiger partial charge in [-0.2, -0.15) is 0 Å². The summed E-state index contributed by atoms with van der Waals surface area (Å²) in [6.45, 7) is 6.67. The highest BCUT2D eigenvalue weighted by Crippen LogP contribution is 2.39. The van der Waals surface area contributed by atoms with Gasteiger partial charge in [0.25, 0.3) is 5.91 Å². The molecule has 1 unspecified atom stereocenters. The zero-order valence-electron chi connectivity index (χ0n) is 15.3. The van der Waals surface area contributed by atoms with Gasteiger partial charge in [-0.1, -0.05) is 6.07 Å². The molecule has 0 bridgehead atoms. The molecule has 4 rings (SSSR count). The Balaban J connectivity index is 1.42. The number of aromatic nitrogens is 3. The van der Waals surface area contributed by atoms with E-state index in [0.717, 1.165) is 57.0 Å². The predicted molar refractivity (Wildman–Crippen MR) is 98.5 cm³/mol. The van der Waals surface area contributed by atoms with Gasteiger partial charge in [0.1, 0.15) is 5.69 Å². The van der Waals surface area contributed by atoms with E-state index in [1.165, 1.54) is 6.42 Å². The minimum Gasteiger partial charge on any atom is -0.337 e. The predicted octanol–water partition coefficient (Wildman–Crippen LogP) is 2.31. The molecular weight excluding hydrogens is 326 g/mol. The number of amides is 1. The second-order valence-electron chi connectivity index (χ2n) is 7.65. The molecule has 6 heteroatoms. The van der Waals surface area contributed by atoms with Gasteiger partial charge in [-0.15, -0.1) is 0 Å². The van der Waals surface area contributed by atoms with E-state index >= 15 is 0 Å². The van der Waals surface area contributed by atoms with Gasteiger partial charge in [-0.05, 0) is 44.9 Å². The van der Waals surface area contributed by atoms with Crippen molar-refractivity contribution in [3.63, 3.8) is 0 Å². The zero-order valence-corrected chi connectivity index (χ0v) is 15.3. The van der Waals surface area contributed by atoms with Crippen LogP contribution in [0.3, 0.4) is 0 Å². The molecule has 1 spiro atoms. The van der Waals surface area contributed by atoms with Gasteiger partial charge < -0.3 is 4.90 Å². The van der Waals surface area contributed by atoms with E-state index in [1.807, 2.05) is 17.9 Å². The van der Waals surface area contributed by atoms with Gasteiger partial charge in [0, 0.05) is 49.7 Å². The van der Waals surface area contributed by atoms with Gasteiger partial charge in [0.15, 0.2) is 0 Å². The van der Waals surface area contributed by atoms with Gasteiger partial charge >= 0.3 is 0 Å². The molecule has 2 fully saturated rings. The third kappa shape index (κ3) is 3.60. The molecule has 26 heavy (non-hydrogen) atoms. The average molecular weight is 351 g/mol. The van der Waals surface area contributed by atoms with Crippen molar-refractivity contribution in [1.29, 1.82) is 0 Å². The van der Waals surface area contributed by atoms with Gasteiger partial charge in [-0.3, -0.25) is 19.7 Å². The summed E-state index contributed by atoms with van der Waals surface area (Å²) >= 11 is 0. The molecule has 0 saturated carbocycles. The van der Waals surface area contributed by atoms with E-state index in [2.05, 4.69) is 32.0 Å². The number of hydrogen-bond donors (Lipinski definition) is 0. The van der Waals surface area contributed by atoms with Gasteiger partial charge in [0.05, 0.1) is 11.9 Å². The van der Waals surface area contributed by atoms with Crippen molar-refractivity contribution >= 4 is 5.91 Å². The van der Waals surface area contributed by atoms with Crippen LogP contribution in [0.15, 0.2) is 36.8 Å². The Morgan fingerprint density at radius 1 is 1.19 bits per heavy atom. The quantitative estimate of drug-likeness (QED) is 0.849. The fraction of sp³-hybridized carbons (Fsp3) is 0.500. The number of nitrogens with zero attached hydrogens (tertiary/aromatic N) is 5. The van der Waals surface area contributed by atoms with Crippen molar-refractivity contribution in [2.24, 2.45) is 5.41 Å². The molecule has 2 aromatic heterocycles. The highest BCUT2D eigenvalue weighted by atomic mass is 16.2. The fourth-order valence-corrected chi connectivity index (χ4v) is 4.37. The van der Waals surface area contributed by atoms with Crippen molar-refractivity contribution in [3.8, 4) is 0 Å². The third-order valence-electron chi connectivity index (χ3n) is 5.58. The number of pyridine rings is 1. The lowest BCUT2D eigenvalue weighted by Crippen LogP contribution is -2.47. The molecule has 1 atom stereocenters. The Labute approximate surface area is 154 Å². The summed E-state index contributed by atoms with van der Waals surface area (Å²) in [5.41, 5.74) is 2.85. The summed E-state index contributed by atoms with van der Waals surface area (Å²) in [7, 11) is 0. The standard InChI is InChI=1S/C20H25N5O/c1-16-4-2-5-17(23-16)13-24-11-7-20(14-24)6-3-10-25(15-20)19(26)18-12-21-8-9-22-18/h2,4-5,8-9,12H,3,6-7,10-11,13-15H2,1H3. The van der Waals surface area contributed by atoms with Crippen molar-refractivity contribution in [3.05, 3.63) is 53.9 Å². The maximum Gasteiger partial charge on any atom is 0.274 e. The lowest BCUT2D eigenvalue weighted by molar-refractivity contribution is 0.0520. The van der Waals surface area contributed by atoms with Gasteiger partial charge in [0.2, 0.25) is 0 Å². The maximum absolute atomic E-state index is 12.7. The van der Waals surface area contributed by atoms with Crippen LogP contribution < -0.4 is 0 Å². The van der Waals surface area contributed by atoms with Gasteiger partial charge in [-0.25, -0.2) is 4.98 Å². The van der Waals surface area contributed by atoms with Crippen LogP contribution in [0.25, 0.3) is 0 Å². The topological polar surface area (TPSA) is 62.2 Å². The molecule has 2 aliphatic heterocycles. The third-order valence-corrected chi connectivity index (χ3v) is 5.58. The SMILES string of the molecule is Cc1cccc(CN2CCC3(CCCN(C(=O)c4cnccn4)C3)C2)n1. The second kappa shape index (κ2) is 7.11. The lowest BCUT2D eigenvalue weighted by atomic mass is 9.79. The number of likely N-dealkylation sites (tertiary alicyclic amines) is 2. The summed E-state index contributed by atoms with van der Waals surface area (Å²) in [5.74, 6) is 0.0102. The van der Waals surface area contributed by atoms with E-state index in [1.54, 1.807) is 18.6 Å². The van der Waals surface area contributed by atoms with Crippen LogP contribution in [0.4, 0.5) is 0 Å². The van der Waals surface area contributed by atoms with Crippen molar-refractivity contribution in [2.75, 3.05) is 26.2 Å². The van der Waals surface area contributed by atoms with Crippen LogP contribution in [0, 0.1) is 12.3 Å². The molecule has 0 radical (unpaired) electrons.